The van der Waals surface area contributed by atoms with Gasteiger partial charge in [-0.1, -0.05) is 6.92 Å². The molecule has 1 aliphatic heterocycles. The van der Waals surface area contributed by atoms with E-state index in [0.29, 0.717) is 18.8 Å². The molecule has 0 aromatic heterocycles. The Kier molecular flexibility index (Phi) is 7.33. The molecule has 1 aromatic carbocycles. The van der Waals surface area contributed by atoms with Gasteiger partial charge >= 0.3 is 0 Å². The average Bonchev–Trinajstić information content (AvgIpc) is 2.62. The van der Waals surface area contributed by atoms with Crippen molar-refractivity contribution in [2.45, 2.75) is 26.3 Å². The zero-order valence-corrected chi connectivity index (χ0v) is 14.9. The molecule has 2 rings (SSSR count). The number of piperazine rings is 1. The van der Waals surface area contributed by atoms with E-state index < -0.39 is 0 Å². The normalized spacial score (nSPS) is 17.1. The third kappa shape index (κ3) is 6.10. The number of anilines is 1. The molecule has 2 N–H and O–H groups in total. The molecule has 1 fully saturated rings. The minimum atomic E-state index is -0.329. The first kappa shape index (κ1) is 19.3. The second kappa shape index (κ2) is 9.48. The van der Waals surface area contributed by atoms with Crippen LogP contribution in [0.1, 0.15) is 20.3 Å². The number of carbonyl (C=O) groups excluding carboxylic acids is 2. The van der Waals surface area contributed by atoms with E-state index in [1.54, 1.807) is 12.1 Å². The number of hydrogen-bond acceptors (Lipinski definition) is 4. The highest BCUT2D eigenvalue weighted by molar-refractivity contribution is 5.94. The summed E-state index contributed by atoms with van der Waals surface area (Å²) in [7, 11) is 0. The number of halogens is 1. The van der Waals surface area contributed by atoms with Gasteiger partial charge in [0.15, 0.2) is 0 Å². The van der Waals surface area contributed by atoms with E-state index in [0.717, 1.165) is 32.6 Å². The van der Waals surface area contributed by atoms with E-state index in [9.17, 15) is 14.0 Å². The Morgan fingerprint density at radius 2 is 1.80 bits per heavy atom. The molecular formula is C18H27FN4O2. The first-order chi connectivity index (χ1) is 12.0. The third-order valence-electron chi connectivity index (χ3n) is 4.39. The fourth-order valence-electron chi connectivity index (χ4n) is 2.78. The lowest BCUT2D eigenvalue weighted by atomic mass is 10.2. The lowest BCUT2D eigenvalue weighted by molar-refractivity contribution is -0.124. The van der Waals surface area contributed by atoms with Gasteiger partial charge in [0.25, 0.3) is 0 Å². The van der Waals surface area contributed by atoms with Crippen LogP contribution in [0.5, 0.6) is 0 Å². The summed E-state index contributed by atoms with van der Waals surface area (Å²) in [5.74, 6) is -0.386. The Labute approximate surface area is 148 Å². The maximum Gasteiger partial charge on any atom is 0.241 e. The Balaban J connectivity index is 1.76. The van der Waals surface area contributed by atoms with Crippen LogP contribution in [0, 0.1) is 5.82 Å². The highest BCUT2D eigenvalue weighted by Gasteiger charge is 2.26. The van der Waals surface area contributed by atoms with Crippen molar-refractivity contribution in [3.8, 4) is 0 Å². The monoisotopic (exact) mass is 350 g/mol. The van der Waals surface area contributed by atoms with Crippen molar-refractivity contribution in [3.63, 3.8) is 0 Å². The number of nitrogens with zero attached hydrogens (tertiary/aromatic N) is 2. The van der Waals surface area contributed by atoms with Crippen LogP contribution in [-0.2, 0) is 9.59 Å². The van der Waals surface area contributed by atoms with Crippen LogP contribution in [0.2, 0.25) is 0 Å². The highest BCUT2D eigenvalue weighted by atomic mass is 19.1. The topological polar surface area (TPSA) is 64.7 Å². The smallest absolute Gasteiger partial charge is 0.241 e. The first-order valence-corrected chi connectivity index (χ1v) is 8.79. The molecule has 1 atom stereocenters. The summed E-state index contributed by atoms with van der Waals surface area (Å²) < 4.78 is 12.9. The van der Waals surface area contributed by atoms with Gasteiger partial charge in [0.05, 0.1) is 12.6 Å². The molecule has 2 amide bonds. The number of hydrogen-bond donors (Lipinski definition) is 2. The van der Waals surface area contributed by atoms with E-state index in [1.165, 1.54) is 12.1 Å². The van der Waals surface area contributed by atoms with Gasteiger partial charge in [0.1, 0.15) is 5.82 Å². The van der Waals surface area contributed by atoms with Gasteiger partial charge in [0.2, 0.25) is 11.8 Å². The van der Waals surface area contributed by atoms with Crippen molar-refractivity contribution in [2.24, 2.45) is 0 Å². The van der Waals surface area contributed by atoms with Gasteiger partial charge in [-0.3, -0.25) is 19.4 Å². The lowest BCUT2D eigenvalue weighted by Gasteiger charge is -2.37. The van der Waals surface area contributed by atoms with Crippen molar-refractivity contribution in [2.75, 3.05) is 44.6 Å². The molecule has 1 heterocycles. The Morgan fingerprint density at radius 1 is 1.16 bits per heavy atom. The standard InChI is InChI=1S/C18H27FN4O2/c1-3-8-20-17(24)13-22-9-11-23(12-10-22)14(2)18(25)21-16-6-4-15(19)5-7-16/h4-7,14H,3,8-13H2,1-2H3,(H,20,24)(H,21,25)/t14-/m1/s1. The van der Waals surface area contributed by atoms with E-state index in [-0.39, 0.29) is 23.7 Å². The molecule has 0 aliphatic carbocycles. The molecule has 7 heteroatoms. The first-order valence-electron chi connectivity index (χ1n) is 8.79. The molecule has 0 radical (unpaired) electrons. The molecule has 138 valence electrons. The van der Waals surface area contributed by atoms with Crippen molar-refractivity contribution < 1.29 is 14.0 Å². The van der Waals surface area contributed by atoms with Gasteiger partial charge in [0, 0.05) is 38.4 Å². The van der Waals surface area contributed by atoms with E-state index in [2.05, 4.69) is 20.4 Å². The SMILES string of the molecule is CCCNC(=O)CN1CCN([C@H](C)C(=O)Nc2ccc(F)cc2)CC1. The van der Waals surface area contributed by atoms with Gasteiger partial charge < -0.3 is 10.6 Å². The molecule has 1 aliphatic rings. The van der Waals surface area contributed by atoms with Crippen LogP contribution in [0.3, 0.4) is 0 Å². The molecule has 0 spiro atoms. The zero-order chi connectivity index (χ0) is 18.2. The molecule has 0 unspecified atom stereocenters. The zero-order valence-electron chi connectivity index (χ0n) is 14.9. The predicted octanol–water partition coefficient (Wildman–Crippen LogP) is 1.30. The maximum absolute atomic E-state index is 12.9. The molecule has 1 aromatic rings. The number of carbonyl (C=O) groups is 2. The Morgan fingerprint density at radius 3 is 2.40 bits per heavy atom. The summed E-state index contributed by atoms with van der Waals surface area (Å²) in [6.45, 7) is 7.99. The summed E-state index contributed by atoms with van der Waals surface area (Å²) in [6.07, 6.45) is 0.931. The van der Waals surface area contributed by atoms with Crippen LogP contribution >= 0.6 is 0 Å². The van der Waals surface area contributed by atoms with Crippen molar-refractivity contribution in [1.82, 2.24) is 15.1 Å². The quantitative estimate of drug-likeness (QED) is 0.778. The fourth-order valence-corrected chi connectivity index (χ4v) is 2.78. The number of nitrogens with one attached hydrogen (secondary N) is 2. The Hall–Kier alpha value is -1.99. The number of rotatable bonds is 7. The highest BCUT2D eigenvalue weighted by Crippen LogP contribution is 2.12. The molecular weight excluding hydrogens is 323 g/mol. The van der Waals surface area contributed by atoms with Crippen LogP contribution in [-0.4, -0.2) is 66.9 Å². The second-order valence-corrected chi connectivity index (χ2v) is 6.33. The van der Waals surface area contributed by atoms with Crippen LogP contribution in [0.4, 0.5) is 10.1 Å². The number of benzene rings is 1. The van der Waals surface area contributed by atoms with E-state index in [4.69, 9.17) is 0 Å². The summed E-state index contributed by atoms with van der Waals surface area (Å²) in [6, 6.07) is 5.46. The lowest BCUT2D eigenvalue weighted by Crippen LogP contribution is -2.54. The second-order valence-electron chi connectivity index (χ2n) is 6.33. The summed E-state index contributed by atoms with van der Waals surface area (Å²) in [4.78, 5) is 28.3. The van der Waals surface area contributed by atoms with Crippen LogP contribution in [0.25, 0.3) is 0 Å². The van der Waals surface area contributed by atoms with Gasteiger partial charge in [-0.05, 0) is 37.6 Å². The van der Waals surface area contributed by atoms with E-state index >= 15 is 0 Å². The fraction of sp³-hybridized carbons (Fsp3) is 0.556. The summed E-state index contributed by atoms with van der Waals surface area (Å²) >= 11 is 0. The van der Waals surface area contributed by atoms with Crippen molar-refractivity contribution in [1.29, 1.82) is 0 Å². The molecule has 25 heavy (non-hydrogen) atoms. The maximum atomic E-state index is 12.9. The van der Waals surface area contributed by atoms with Crippen LogP contribution in [0.15, 0.2) is 24.3 Å². The molecule has 0 saturated carbocycles. The minimum Gasteiger partial charge on any atom is -0.355 e. The van der Waals surface area contributed by atoms with Crippen molar-refractivity contribution >= 4 is 17.5 Å². The van der Waals surface area contributed by atoms with Gasteiger partial charge in [-0.2, -0.15) is 0 Å². The van der Waals surface area contributed by atoms with Crippen molar-refractivity contribution in [3.05, 3.63) is 30.1 Å². The van der Waals surface area contributed by atoms with Gasteiger partial charge in [-0.15, -0.1) is 0 Å². The molecule has 1 saturated heterocycles. The van der Waals surface area contributed by atoms with Gasteiger partial charge in [-0.25, -0.2) is 4.39 Å². The largest absolute Gasteiger partial charge is 0.355 e. The summed E-state index contributed by atoms with van der Waals surface area (Å²) in [5.41, 5.74) is 0.587. The third-order valence-corrected chi connectivity index (χ3v) is 4.39. The average molecular weight is 350 g/mol. The molecule has 6 nitrogen and oxygen atoms in total. The van der Waals surface area contributed by atoms with E-state index in [1.807, 2.05) is 13.8 Å². The molecule has 0 bridgehead atoms. The number of amides is 2. The van der Waals surface area contributed by atoms with Crippen LogP contribution < -0.4 is 10.6 Å². The Bertz CT molecular complexity index is 571. The predicted molar refractivity (Wildman–Crippen MR) is 95.8 cm³/mol. The minimum absolute atomic E-state index is 0.0531. The summed E-state index contributed by atoms with van der Waals surface area (Å²) in [5, 5.41) is 5.69.